The normalized spacial score (nSPS) is 14.8. The number of carbonyl (C=O) groups is 1. The summed E-state index contributed by atoms with van der Waals surface area (Å²) < 4.78 is 1.63. The highest BCUT2D eigenvalue weighted by molar-refractivity contribution is 6.28. The summed E-state index contributed by atoms with van der Waals surface area (Å²) in [5.41, 5.74) is 2.62. The van der Waals surface area contributed by atoms with E-state index in [0.29, 0.717) is 29.3 Å². The number of hydrogen-bond acceptors (Lipinski definition) is 6. The molecule has 0 unspecified atom stereocenters. The quantitative estimate of drug-likeness (QED) is 0.573. The molecule has 0 bridgehead atoms. The summed E-state index contributed by atoms with van der Waals surface area (Å²) in [6.45, 7) is 2.58. The van der Waals surface area contributed by atoms with E-state index in [2.05, 4.69) is 30.7 Å². The molecule has 3 aromatic heterocycles. The van der Waals surface area contributed by atoms with Crippen LogP contribution in [0.4, 0.5) is 11.5 Å². The van der Waals surface area contributed by atoms with Crippen molar-refractivity contribution in [2.45, 2.75) is 45.4 Å². The second-order valence-electron chi connectivity index (χ2n) is 7.88. The molecule has 3 heterocycles. The Kier molecular flexibility index (Phi) is 6.13. The van der Waals surface area contributed by atoms with E-state index in [1.807, 2.05) is 6.92 Å². The SMILES string of the molecule is Cc1ncc(C(=O)NCCC2CCCCC2)cc1Nc1nn(C)c2nc(Cl)ncc12. The van der Waals surface area contributed by atoms with Gasteiger partial charge >= 0.3 is 0 Å². The van der Waals surface area contributed by atoms with E-state index in [-0.39, 0.29) is 11.2 Å². The van der Waals surface area contributed by atoms with Crippen molar-refractivity contribution in [1.29, 1.82) is 0 Å². The lowest BCUT2D eigenvalue weighted by Crippen LogP contribution is -2.26. The van der Waals surface area contributed by atoms with Crippen LogP contribution in [-0.2, 0) is 7.05 Å². The molecule has 2 N–H and O–H groups in total. The zero-order valence-corrected chi connectivity index (χ0v) is 18.0. The number of rotatable bonds is 6. The lowest BCUT2D eigenvalue weighted by molar-refractivity contribution is 0.0950. The topological polar surface area (TPSA) is 97.6 Å². The van der Waals surface area contributed by atoms with Crippen LogP contribution in [0, 0.1) is 12.8 Å². The fourth-order valence-corrected chi connectivity index (χ4v) is 4.12. The molecule has 0 aromatic carbocycles. The van der Waals surface area contributed by atoms with Crippen molar-refractivity contribution < 1.29 is 4.79 Å². The second kappa shape index (κ2) is 8.95. The van der Waals surface area contributed by atoms with Gasteiger partial charge in [-0.1, -0.05) is 32.1 Å². The summed E-state index contributed by atoms with van der Waals surface area (Å²) in [6.07, 6.45) is 10.8. The van der Waals surface area contributed by atoms with Gasteiger partial charge in [-0.05, 0) is 36.9 Å². The van der Waals surface area contributed by atoms with Gasteiger partial charge < -0.3 is 10.6 Å². The molecule has 0 atom stereocenters. The van der Waals surface area contributed by atoms with Crippen LogP contribution >= 0.6 is 11.6 Å². The second-order valence-corrected chi connectivity index (χ2v) is 8.22. The van der Waals surface area contributed by atoms with Gasteiger partial charge in [0.05, 0.1) is 22.3 Å². The van der Waals surface area contributed by atoms with Crippen LogP contribution in [0.2, 0.25) is 5.28 Å². The minimum Gasteiger partial charge on any atom is -0.352 e. The Morgan fingerprint density at radius 1 is 1.23 bits per heavy atom. The third-order valence-electron chi connectivity index (χ3n) is 5.72. The van der Waals surface area contributed by atoms with Crippen LogP contribution in [0.5, 0.6) is 0 Å². The average molecular weight is 428 g/mol. The highest BCUT2D eigenvalue weighted by Gasteiger charge is 2.16. The zero-order chi connectivity index (χ0) is 21.1. The van der Waals surface area contributed by atoms with Gasteiger partial charge in [0.2, 0.25) is 5.28 Å². The highest BCUT2D eigenvalue weighted by atomic mass is 35.5. The molecule has 0 saturated heterocycles. The predicted molar refractivity (Wildman–Crippen MR) is 117 cm³/mol. The fraction of sp³-hybridized carbons (Fsp3) is 0.476. The molecule has 9 heteroatoms. The maximum Gasteiger partial charge on any atom is 0.252 e. The van der Waals surface area contributed by atoms with Gasteiger partial charge in [-0.2, -0.15) is 10.1 Å². The molecular weight excluding hydrogens is 402 g/mol. The van der Waals surface area contributed by atoms with E-state index >= 15 is 0 Å². The first-order valence-corrected chi connectivity index (χ1v) is 10.8. The van der Waals surface area contributed by atoms with Crippen molar-refractivity contribution in [2.24, 2.45) is 13.0 Å². The summed E-state index contributed by atoms with van der Waals surface area (Å²) in [7, 11) is 1.79. The molecule has 8 nitrogen and oxygen atoms in total. The Balaban J connectivity index is 1.46. The monoisotopic (exact) mass is 427 g/mol. The number of nitrogens with one attached hydrogen (secondary N) is 2. The van der Waals surface area contributed by atoms with Gasteiger partial charge in [-0.25, -0.2) is 9.67 Å². The Hall–Kier alpha value is -2.74. The molecule has 0 spiro atoms. The molecule has 30 heavy (non-hydrogen) atoms. The molecule has 158 valence electrons. The predicted octanol–water partition coefficient (Wildman–Crippen LogP) is 4.16. The molecule has 1 fully saturated rings. The van der Waals surface area contributed by atoms with Gasteiger partial charge in [0.15, 0.2) is 11.5 Å². The van der Waals surface area contributed by atoms with Crippen molar-refractivity contribution in [3.8, 4) is 0 Å². The molecule has 0 aliphatic heterocycles. The molecule has 3 aromatic rings. The minimum atomic E-state index is -0.109. The van der Waals surface area contributed by atoms with Crippen LogP contribution in [0.25, 0.3) is 11.0 Å². The van der Waals surface area contributed by atoms with Crippen LogP contribution in [0.3, 0.4) is 0 Å². The summed E-state index contributed by atoms with van der Waals surface area (Å²) >= 11 is 5.89. The highest BCUT2D eigenvalue weighted by Crippen LogP contribution is 2.27. The van der Waals surface area contributed by atoms with Crippen molar-refractivity contribution in [3.05, 3.63) is 35.0 Å². The molecule has 1 amide bonds. The minimum absolute atomic E-state index is 0.109. The third kappa shape index (κ3) is 4.53. The van der Waals surface area contributed by atoms with Crippen LogP contribution in [0.15, 0.2) is 18.5 Å². The van der Waals surface area contributed by atoms with Crippen molar-refractivity contribution in [1.82, 2.24) is 30.0 Å². The summed E-state index contributed by atoms with van der Waals surface area (Å²) in [6, 6.07) is 1.80. The molecule has 1 aliphatic carbocycles. The number of pyridine rings is 1. The van der Waals surface area contributed by atoms with Crippen LogP contribution in [0.1, 0.15) is 54.6 Å². The van der Waals surface area contributed by atoms with Gasteiger partial charge in [-0.15, -0.1) is 0 Å². The zero-order valence-electron chi connectivity index (χ0n) is 17.3. The van der Waals surface area contributed by atoms with Crippen molar-refractivity contribution >= 4 is 40.0 Å². The van der Waals surface area contributed by atoms with E-state index in [9.17, 15) is 4.79 Å². The molecule has 1 aliphatic rings. The first kappa shape index (κ1) is 20.5. The lowest BCUT2D eigenvalue weighted by Gasteiger charge is -2.21. The smallest absolute Gasteiger partial charge is 0.252 e. The largest absolute Gasteiger partial charge is 0.352 e. The van der Waals surface area contributed by atoms with E-state index < -0.39 is 0 Å². The number of halogens is 1. The fourth-order valence-electron chi connectivity index (χ4n) is 3.99. The Morgan fingerprint density at radius 3 is 2.83 bits per heavy atom. The van der Waals surface area contributed by atoms with Gasteiger partial charge in [0.1, 0.15) is 0 Å². The maximum atomic E-state index is 12.6. The maximum absolute atomic E-state index is 12.6. The van der Waals surface area contributed by atoms with Crippen molar-refractivity contribution in [2.75, 3.05) is 11.9 Å². The lowest BCUT2D eigenvalue weighted by atomic mass is 9.87. The summed E-state index contributed by atoms with van der Waals surface area (Å²) in [4.78, 5) is 25.3. The van der Waals surface area contributed by atoms with E-state index in [0.717, 1.165) is 23.4 Å². The molecular formula is C21H26ClN7O. The molecule has 4 rings (SSSR count). The van der Waals surface area contributed by atoms with E-state index in [1.54, 1.807) is 30.2 Å². The summed E-state index contributed by atoms with van der Waals surface area (Å²) in [5, 5.41) is 11.7. The number of carbonyl (C=O) groups excluding carboxylic acids is 1. The van der Waals surface area contributed by atoms with Crippen molar-refractivity contribution in [3.63, 3.8) is 0 Å². The summed E-state index contributed by atoms with van der Waals surface area (Å²) in [5.74, 6) is 1.21. The number of anilines is 2. The first-order valence-electron chi connectivity index (χ1n) is 10.4. The third-order valence-corrected chi connectivity index (χ3v) is 5.90. The molecule has 1 saturated carbocycles. The molecule has 0 radical (unpaired) electrons. The number of nitrogens with zero attached hydrogens (tertiary/aromatic N) is 5. The van der Waals surface area contributed by atoms with Gasteiger partial charge in [-0.3, -0.25) is 9.78 Å². The van der Waals surface area contributed by atoms with Crippen LogP contribution in [-0.4, -0.2) is 37.2 Å². The number of fused-ring (bicyclic) bond motifs is 1. The van der Waals surface area contributed by atoms with E-state index in [1.165, 1.54) is 32.1 Å². The van der Waals surface area contributed by atoms with E-state index in [4.69, 9.17) is 11.6 Å². The Bertz CT molecular complexity index is 1060. The number of amides is 1. The average Bonchev–Trinajstić information content (AvgIpc) is 3.05. The Morgan fingerprint density at radius 2 is 2.03 bits per heavy atom. The first-order chi connectivity index (χ1) is 14.5. The number of aromatic nitrogens is 5. The van der Waals surface area contributed by atoms with Gasteiger partial charge in [0, 0.05) is 26.0 Å². The Labute approximate surface area is 180 Å². The van der Waals surface area contributed by atoms with Crippen LogP contribution < -0.4 is 10.6 Å². The van der Waals surface area contributed by atoms with Gasteiger partial charge in [0.25, 0.3) is 5.91 Å². The number of hydrogen-bond donors (Lipinski definition) is 2. The standard InChI is InChI=1S/C21H26ClN7O/c1-13-17(26-18-16-12-25-21(22)27-19(16)29(2)28-18)10-15(11-24-13)20(30)23-9-8-14-6-4-3-5-7-14/h10-12,14H,3-9H2,1-2H3,(H,23,30)(H,26,28). The number of aryl methyl sites for hydroxylation is 2.